The number of hydrogen-bond donors (Lipinski definition) is 1. The standard InChI is InChI=1S/C10H11ClN4.ClH/c1-5-9(11)6(2)15-10(13-5)7-3-12-4-8(7)14-15;/h12H,3-4H2,1-2H3;1H. The van der Waals surface area contributed by atoms with Crippen molar-refractivity contribution >= 4 is 29.7 Å². The molecule has 2 aromatic heterocycles. The van der Waals surface area contributed by atoms with E-state index in [1.807, 2.05) is 18.4 Å². The van der Waals surface area contributed by atoms with Gasteiger partial charge in [-0.05, 0) is 13.8 Å². The molecule has 1 aliphatic heterocycles. The normalized spacial score (nSPS) is 13.9. The number of aryl methyl sites for hydroxylation is 2. The summed E-state index contributed by atoms with van der Waals surface area (Å²) in [5.41, 5.74) is 5.07. The van der Waals surface area contributed by atoms with Crippen molar-refractivity contribution in [1.29, 1.82) is 0 Å². The predicted molar refractivity (Wildman–Crippen MR) is 65.3 cm³/mol. The third-order valence-electron chi connectivity index (χ3n) is 2.86. The molecular formula is C10H12Cl2N4. The van der Waals surface area contributed by atoms with Crippen LogP contribution in [0.2, 0.25) is 5.02 Å². The van der Waals surface area contributed by atoms with Gasteiger partial charge in [-0.2, -0.15) is 5.10 Å². The van der Waals surface area contributed by atoms with Crippen LogP contribution in [0.25, 0.3) is 5.65 Å². The van der Waals surface area contributed by atoms with Crippen LogP contribution in [-0.4, -0.2) is 14.6 Å². The zero-order valence-electron chi connectivity index (χ0n) is 9.04. The van der Waals surface area contributed by atoms with Gasteiger partial charge in [0.2, 0.25) is 0 Å². The number of aromatic nitrogens is 3. The Labute approximate surface area is 104 Å². The van der Waals surface area contributed by atoms with Crippen LogP contribution in [0, 0.1) is 13.8 Å². The number of rotatable bonds is 0. The van der Waals surface area contributed by atoms with Crippen LogP contribution >= 0.6 is 24.0 Å². The third-order valence-corrected chi connectivity index (χ3v) is 3.41. The van der Waals surface area contributed by atoms with Crippen LogP contribution in [0.4, 0.5) is 0 Å². The summed E-state index contributed by atoms with van der Waals surface area (Å²) in [5.74, 6) is 0. The highest BCUT2D eigenvalue weighted by molar-refractivity contribution is 6.31. The van der Waals surface area contributed by atoms with Gasteiger partial charge in [-0.25, -0.2) is 9.50 Å². The molecule has 0 spiro atoms. The maximum absolute atomic E-state index is 6.14. The molecule has 0 atom stereocenters. The van der Waals surface area contributed by atoms with E-state index in [0.717, 1.165) is 35.8 Å². The van der Waals surface area contributed by atoms with Crippen LogP contribution in [-0.2, 0) is 13.1 Å². The monoisotopic (exact) mass is 258 g/mol. The quantitative estimate of drug-likeness (QED) is 0.787. The summed E-state index contributed by atoms with van der Waals surface area (Å²) in [4.78, 5) is 4.50. The molecule has 0 unspecified atom stereocenters. The van der Waals surface area contributed by atoms with E-state index in [1.165, 1.54) is 5.56 Å². The number of halogens is 2. The van der Waals surface area contributed by atoms with Gasteiger partial charge < -0.3 is 5.32 Å². The molecule has 0 bridgehead atoms. The minimum Gasteiger partial charge on any atom is -0.307 e. The van der Waals surface area contributed by atoms with E-state index >= 15 is 0 Å². The molecule has 86 valence electrons. The van der Waals surface area contributed by atoms with Crippen molar-refractivity contribution < 1.29 is 0 Å². The number of nitrogens with one attached hydrogen (secondary N) is 1. The van der Waals surface area contributed by atoms with E-state index in [9.17, 15) is 0 Å². The van der Waals surface area contributed by atoms with Crippen molar-refractivity contribution in [2.24, 2.45) is 0 Å². The molecule has 1 aliphatic rings. The molecule has 4 nitrogen and oxygen atoms in total. The first-order valence-electron chi connectivity index (χ1n) is 4.92. The second-order valence-electron chi connectivity index (χ2n) is 3.86. The van der Waals surface area contributed by atoms with Crippen molar-refractivity contribution in [3.8, 4) is 0 Å². The molecule has 0 radical (unpaired) electrons. The van der Waals surface area contributed by atoms with Crippen LogP contribution in [0.5, 0.6) is 0 Å². The van der Waals surface area contributed by atoms with Gasteiger partial charge in [-0.3, -0.25) is 0 Å². The van der Waals surface area contributed by atoms with Crippen LogP contribution in [0.3, 0.4) is 0 Å². The number of hydrogen-bond acceptors (Lipinski definition) is 3. The molecule has 0 amide bonds. The fourth-order valence-electron chi connectivity index (χ4n) is 2.03. The van der Waals surface area contributed by atoms with E-state index in [0.29, 0.717) is 5.02 Å². The van der Waals surface area contributed by atoms with E-state index in [-0.39, 0.29) is 12.4 Å². The highest BCUT2D eigenvalue weighted by atomic mass is 35.5. The second-order valence-corrected chi connectivity index (χ2v) is 4.24. The van der Waals surface area contributed by atoms with Gasteiger partial charge >= 0.3 is 0 Å². The summed E-state index contributed by atoms with van der Waals surface area (Å²) in [5, 5.41) is 8.47. The van der Waals surface area contributed by atoms with Crippen molar-refractivity contribution in [2.45, 2.75) is 26.9 Å². The topological polar surface area (TPSA) is 42.2 Å². The summed E-state index contributed by atoms with van der Waals surface area (Å²) in [7, 11) is 0. The first kappa shape index (κ1) is 11.6. The van der Waals surface area contributed by atoms with Crippen molar-refractivity contribution in [2.75, 3.05) is 0 Å². The fourth-order valence-corrected chi connectivity index (χ4v) is 2.15. The minimum absolute atomic E-state index is 0. The highest BCUT2D eigenvalue weighted by Crippen LogP contribution is 2.25. The molecule has 0 aliphatic carbocycles. The van der Waals surface area contributed by atoms with E-state index in [2.05, 4.69) is 15.4 Å². The molecule has 3 heterocycles. The van der Waals surface area contributed by atoms with Gasteiger partial charge in [0.1, 0.15) is 0 Å². The number of fused-ring (bicyclic) bond motifs is 3. The molecule has 0 saturated carbocycles. The van der Waals surface area contributed by atoms with Gasteiger partial charge in [-0.1, -0.05) is 11.6 Å². The molecule has 0 aromatic carbocycles. The lowest BCUT2D eigenvalue weighted by Gasteiger charge is -2.05. The first-order chi connectivity index (χ1) is 7.18. The van der Waals surface area contributed by atoms with Crippen molar-refractivity contribution in [3.05, 3.63) is 27.7 Å². The maximum atomic E-state index is 6.14. The Bertz CT molecular complexity index is 562. The molecule has 6 heteroatoms. The molecular weight excluding hydrogens is 247 g/mol. The SMILES string of the molecule is Cc1nc2c3c(nn2c(C)c1Cl)CNC3.Cl. The van der Waals surface area contributed by atoms with E-state index in [1.54, 1.807) is 0 Å². The van der Waals surface area contributed by atoms with Gasteiger partial charge in [-0.15, -0.1) is 12.4 Å². The van der Waals surface area contributed by atoms with Crippen molar-refractivity contribution in [3.63, 3.8) is 0 Å². The molecule has 1 N–H and O–H groups in total. The van der Waals surface area contributed by atoms with Crippen molar-refractivity contribution in [1.82, 2.24) is 19.9 Å². The largest absolute Gasteiger partial charge is 0.307 e. The zero-order valence-corrected chi connectivity index (χ0v) is 10.6. The highest BCUT2D eigenvalue weighted by Gasteiger charge is 2.20. The van der Waals surface area contributed by atoms with E-state index in [4.69, 9.17) is 11.6 Å². The minimum atomic E-state index is 0. The lowest BCUT2D eigenvalue weighted by molar-refractivity contribution is 0.728. The summed E-state index contributed by atoms with van der Waals surface area (Å²) >= 11 is 6.14. The average Bonchev–Trinajstić information content (AvgIpc) is 2.76. The third kappa shape index (κ3) is 1.41. The Balaban J connectivity index is 0.000000963. The number of nitrogens with zero attached hydrogens (tertiary/aromatic N) is 3. The molecule has 16 heavy (non-hydrogen) atoms. The lowest BCUT2D eigenvalue weighted by atomic mass is 10.3. The smallest absolute Gasteiger partial charge is 0.160 e. The average molecular weight is 259 g/mol. The van der Waals surface area contributed by atoms with E-state index < -0.39 is 0 Å². The van der Waals surface area contributed by atoms with Gasteiger partial charge in [0.15, 0.2) is 5.65 Å². The van der Waals surface area contributed by atoms with Crippen LogP contribution in [0.15, 0.2) is 0 Å². The van der Waals surface area contributed by atoms with Crippen LogP contribution < -0.4 is 5.32 Å². The molecule has 0 saturated heterocycles. The molecule has 0 fully saturated rings. The summed E-state index contributed by atoms with van der Waals surface area (Å²) in [6, 6.07) is 0. The summed E-state index contributed by atoms with van der Waals surface area (Å²) in [6.45, 7) is 5.58. The lowest BCUT2D eigenvalue weighted by Crippen LogP contribution is -2.06. The first-order valence-corrected chi connectivity index (χ1v) is 5.30. The van der Waals surface area contributed by atoms with Crippen LogP contribution in [0.1, 0.15) is 22.6 Å². The Hall–Kier alpha value is -0.840. The molecule has 3 rings (SSSR count). The summed E-state index contributed by atoms with van der Waals surface area (Å²) in [6.07, 6.45) is 0. The second kappa shape index (κ2) is 3.87. The van der Waals surface area contributed by atoms with Gasteiger partial charge in [0.25, 0.3) is 0 Å². The Morgan fingerprint density at radius 3 is 2.81 bits per heavy atom. The zero-order chi connectivity index (χ0) is 10.6. The fraction of sp³-hybridized carbons (Fsp3) is 0.400. The Kier molecular flexibility index (Phi) is 2.82. The Morgan fingerprint density at radius 2 is 2.06 bits per heavy atom. The Morgan fingerprint density at radius 1 is 1.31 bits per heavy atom. The maximum Gasteiger partial charge on any atom is 0.160 e. The summed E-state index contributed by atoms with van der Waals surface area (Å²) < 4.78 is 1.85. The predicted octanol–water partition coefficient (Wildman–Crippen LogP) is 2.02. The van der Waals surface area contributed by atoms with Gasteiger partial charge in [0.05, 0.1) is 22.1 Å². The van der Waals surface area contributed by atoms with Gasteiger partial charge in [0, 0.05) is 18.7 Å². The molecule has 2 aromatic rings.